The molecule has 4 heteroatoms. The third kappa shape index (κ3) is 3.10. The van der Waals surface area contributed by atoms with Gasteiger partial charge in [0.1, 0.15) is 0 Å². The summed E-state index contributed by atoms with van der Waals surface area (Å²) in [7, 11) is 0. The van der Waals surface area contributed by atoms with Crippen LogP contribution in [0, 0.1) is 0 Å². The van der Waals surface area contributed by atoms with Gasteiger partial charge in [-0.3, -0.25) is 4.98 Å². The molecule has 4 nitrogen and oxygen atoms in total. The van der Waals surface area contributed by atoms with E-state index in [1.165, 1.54) is 0 Å². The second kappa shape index (κ2) is 4.91. The van der Waals surface area contributed by atoms with Crippen LogP contribution in [0.1, 0.15) is 5.69 Å². The number of hydrogen-bond acceptors (Lipinski definition) is 4. The molecule has 1 rings (SSSR count). The van der Waals surface area contributed by atoms with Crippen LogP contribution in [0.15, 0.2) is 24.4 Å². The van der Waals surface area contributed by atoms with Gasteiger partial charge in [0, 0.05) is 24.4 Å². The van der Waals surface area contributed by atoms with Gasteiger partial charge in [-0.25, -0.2) is 0 Å². The zero-order valence-electron chi connectivity index (χ0n) is 7.30. The summed E-state index contributed by atoms with van der Waals surface area (Å²) < 4.78 is 0. The van der Waals surface area contributed by atoms with E-state index in [-0.39, 0.29) is 6.61 Å². The van der Waals surface area contributed by atoms with Crippen molar-refractivity contribution >= 4 is 0 Å². The minimum atomic E-state index is -0.873. The molecule has 0 saturated carbocycles. The Morgan fingerprint density at radius 1 is 1.46 bits per heavy atom. The van der Waals surface area contributed by atoms with Crippen LogP contribution in [0.2, 0.25) is 0 Å². The molecule has 0 fully saturated rings. The largest absolute Gasteiger partial charge is 0.394 e. The Bertz CT molecular complexity index is 241. The molecule has 1 heterocycles. The molecule has 0 aromatic carbocycles. The fourth-order valence-corrected chi connectivity index (χ4v) is 1.03. The van der Waals surface area contributed by atoms with Gasteiger partial charge >= 0.3 is 0 Å². The lowest BCUT2D eigenvalue weighted by molar-refractivity contribution is 0.0740. The van der Waals surface area contributed by atoms with E-state index in [0.29, 0.717) is 6.42 Å². The van der Waals surface area contributed by atoms with E-state index in [1.54, 1.807) is 6.20 Å². The van der Waals surface area contributed by atoms with Crippen LogP contribution < -0.4 is 5.73 Å². The molecular weight excluding hydrogens is 168 g/mol. The molecule has 1 aromatic heterocycles. The van der Waals surface area contributed by atoms with E-state index >= 15 is 0 Å². The molecule has 2 unspecified atom stereocenters. The average molecular weight is 182 g/mol. The molecule has 0 aliphatic carbocycles. The molecule has 0 amide bonds. The van der Waals surface area contributed by atoms with Gasteiger partial charge in [0.15, 0.2) is 0 Å². The highest BCUT2D eigenvalue weighted by Crippen LogP contribution is 2.00. The van der Waals surface area contributed by atoms with E-state index in [4.69, 9.17) is 10.8 Å². The third-order valence-corrected chi connectivity index (χ3v) is 1.85. The van der Waals surface area contributed by atoms with Crippen LogP contribution in [0.4, 0.5) is 0 Å². The maximum atomic E-state index is 9.18. The Kier molecular flexibility index (Phi) is 3.82. The van der Waals surface area contributed by atoms with Gasteiger partial charge < -0.3 is 15.9 Å². The first-order chi connectivity index (χ1) is 6.24. The molecule has 72 valence electrons. The molecule has 2 atom stereocenters. The molecule has 13 heavy (non-hydrogen) atoms. The highest BCUT2D eigenvalue weighted by molar-refractivity contribution is 5.05. The van der Waals surface area contributed by atoms with Crippen molar-refractivity contribution in [2.75, 3.05) is 6.61 Å². The first-order valence-electron chi connectivity index (χ1n) is 4.18. The number of pyridine rings is 1. The maximum Gasteiger partial charge on any atom is 0.0925 e. The van der Waals surface area contributed by atoms with Crippen LogP contribution in [-0.2, 0) is 6.42 Å². The quantitative estimate of drug-likeness (QED) is 0.575. The van der Waals surface area contributed by atoms with Gasteiger partial charge in [0.25, 0.3) is 0 Å². The third-order valence-electron chi connectivity index (χ3n) is 1.85. The Morgan fingerprint density at radius 2 is 2.23 bits per heavy atom. The van der Waals surface area contributed by atoms with Gasteiger partial charge in [-0.05, 0) is 12.1 Å². The topological polar surface area (TPSA) is 79.4 Å². The first-order valence-corrected chi connectivity index (χ1v) is 4.18. The van der Waals surface area contributed by atoms with E-state index in [0.717, 1.165) is 5.69 Å². The molecule has 0 aliphatic rings. The van der Waals surface area contributed by atoms with Crippen molar-refractivity contribution in [2.24, 2.45) is 5.73 Å². The Labute approximate surface area is 77.0 Å². The second-order valence-electron chi connectivity index (χ2n) is 2.94. The lowest BCUT2D eigenvalue weighted by atomic mass is 10.1. The van der Waals surface area contributed by atoms with Crippen molar-refractivity contribution < 1.29 is 10.2 Å². The van der Waals surface area contributed by atoms with Crippen molar-refractivity contribution in [3.63, 3.8) is 0 Å². The van der Waals surface area contributed by atoms with Crippen molar-refractivity contribution in [3.05, 3.63) is 30.1 Å². The fraction of sp³-hybridized carbons (Fsp3) is 0.444. The molecule has 0 spiro atoms. The smallest absolute Gasteiger partial charge is 0.0925 e. The maximum absolute atomic E-state index is 9.18. The lowest BCUT2D eigenvalue weighted by Gasteiger charge is -2.15. The zero-order chi connectivity index (χ0) is 9.68. The summed E-state index contributed by atoms with van der Waals surface area (Å²) in [6.45, 7) is -0.312. The number of nitrogens with two attached hydrogens (primary N) is 1. The van der Waals surface area contributed by atoms with Crippen LogP contribution in [0.25, 0.3) is 0 Å². The van der Waals surface area contributed by atoms with Crippen molar-refractivity contribution in [3.8, 4) is 0 Å². The van der Waals surface area contributed by atoms with Gasteiger partial charge in [0.05, 0.1) is 12.7 Å². The van der Waals surface area contributed by atoms with E-state index in [1.807, 2.05) is 18.2 Å². The summed E-state index contributed by atoms with van der Waals surface area (Å²) in [6, 6.07) is 5.06. The van der Waals surface area contributed by atoms with Crippen molar-refractivity contribution in [2.45, 2.75) is 18.6 Å². The number of aromatic nitrogens is 1. The number of nitrogens with zero attached hydrogens (tertiary/aromatic N) is 1. The van der Waals surface area contributed by atoms with Gasteiger partial charge in [-0.2, -0.15) is 0 Å². The van der Waals surface area contributed by atoms with Gasteiger partial charge in [-0.1, -0.05) is 6.07 Å². The summed E-state index contributed by atoms with van der Waals surface area (Å²) >= 11 is 0. The van der Waals surface area contributed by atoms with Crippen LogP contribution in [0.5, 0.6) is 0 Å². The number of aliphatic hydroxyl groups excluding tert-OH is 2. The summed E-state index contributed by atoms with van der Waals surface area (Å²) in [5.41, 5.74) is 6.43. The fourth-order valence-electron chi connectivity index (χ4n) is 1.03. The zero-order valence-corrected chi connectivity index (χ0v) is 7.30. The highest BCUT2D eigenvalue weighted by Gasteiger charge is 2.14. The summed E-state index contributed by atoms with van der Waals surface area (Å²) in [6.07, 6.45) is 1.28. The molecular formula is C9H14N2O2. The Balaban J connectivity index is 2.50. The summed E-state index contributed by atoms with van der Waals surface area (Å²) in [4.78, 5) is 4.06. The Morgan fingerprint density at radius 3 is 2.77 bits per heavy atom. The number of hydrogen-bond donors (Lipinski definition) is 3. The predicted octanol–water partition coefficient (Wildman–Crippen LogP) is -0.695. The molecule has 0 aliphatic heterocycles. The monoisotopic (exact) mass is 182 g/mol. The van der Waals surface area contributed by atoms with Gasteiger partial charge in [0.2, 0.25) is 0 Å². The predicted molar refractivity (Wildman–Crippen MR) is 49.0 cm³/mol. The SMILES string of the molecule is NC(Cc1ccccn1)C(O)CO. The van der Waals surface area contributed by atoms with Crippen LogP contribution in [0.3, 0.4) is 0 Å². The molecule has 0 saturated heterocycles. The average Bonchev–Trinajstić information content (AvgIpc) is 2.18. The summed E-state index contributed by atoms with van der Waals surface area (Å²) in [5, 5.41) is 17.8. The minimum Gasteiger partial charge on any atom is -0.394 e. The van der Waals surface area contributed by atoms with E-state index in [9.17, 15) is 5.11 Å². The van der Waals surface area contributed by atoms with Crippen molar-refractivity contribution in [1.29, 1.82) is 0 Å². The molecule has 0 bridgehead atoms. The van der Waals surface area contributed by atoms with Crippen LogP contribution in [-0.4, -0.2) is 33.9 Å². The van der Waals surface area contributed by atoms with Crippen molar-refractivity contribution in [1.82, 2.24) is 4.98 Å². The minimum absolute atomic E-state index is 0.312. The normalized spacial score (nSPS) is 15.3. The van der Waals surface area contributed by atoms with E-state index < -0.39 is 12.1 Å². The van der Waals surface area contributed by atoms with E-state index in [2.05, 4.69) is 4.98 Å². The highest BCUT2D eigenvalue weighted by atomic mass is 16.3. The lowest BCUT2D eigenvalue weighted by Crippen LogP contribution is -2.39. The number of rotatable bonds is 4. The molecule has 4 N–H and O–H groups in total. The van der Waals surface area contributed by atoms with Gasteiger partial charge in [-0.15, -0.1) is 0 Å². The molecule has 0 radical (unpaired) electrons. The Hall–Kier alpha value is -0.970. The summed E-state index contributed by atoms with van der Waals surface area (Å²) in [5.74, 6) is 0. The molecule has 1 aromatic rings. The number of aliphatic hydroxyl groups is 2. The van der Waals surface area contributed by atoms with Crippen LogP contribution >= 0.6 is 0 Å². The second-order valence-corrected chi connectivity index (χ2v) is 2.94. The standard InChI is InChI=1S/C9H14N2O2/c10-8(9(13)6-12)5-7-3-1-2-4-11-7/h1-4,8-9,12-13H,5-6,10H2. The first kappa shape index (κ1) is 10.1.